The summed E-state index contributed by atoms with van der Waals surface area (Å²) in [5.41, 5.74) is 4.39. The molecule has 1 aromatic heterocycles. The molecule has 3 rings (SSSR count). The summed E-state index contributed by atoms with van der Waals surface area (Å²) in [6, 6.07) is 15.0. The molecule has 0 spiro atoms. The van der Waals surface area contributed by atoms with Gasteiger partial charge in [0.2, 0.25) is 0 Å². The molecule has 0 fully saturated rings. The Morgan fingerprint density at radius 3 is 2.40 bits per heavy atom. The van der Waals surface area contributed by atoms with Gasteiger partial charge in [0.25, 0.3) is 0 Å². The lowest BCUT2D eigenvalue weighted by Crippen LogP contribution is -2.19. The number of pyridine rings is 1. The summed E-state index contributed by atoms with van der Waals surface area (Å²) >= 11 is 0. The SMILES string of the molecule is CCc1ccc(NC(=O)Nc2ccc3nc(C)cc(OC)c3c2)cc1. The van der Waals surface area contributed by atoms with Crippen LogP contribution in [0.15, 0.2) is 48.5 Å². The normalized spacial score (nSPS) is 10.5. The van der Waals surface area contributed by atoms with E-state index in [0.717, 1.165) is 34.5 Å². The Kier molecular flexibility index (Phi) is 4.84. The van der Waals surface area contributed by atoms with Crippen molar-refractivity contribution in [3.63, 3.8) is 0 Å². The minimum absolute atomic E-state index is 0.289. The predicted molar refractivity (Wildman–Crippen MR) is 101 cm³/mol. The number of hydrogen-bond donors (Lipinski definition) is 2. The summed E-state index contributed by atoms with van der Waals surface area (Å²) in [5.74, 6) is 0.738. The Morgan fingerprint density at radius 1 is 1.04 bits per heavy atom. The molecule has 0 saturated heterocycles. The molecule has 0 unspecified atom stereocenters. The highest BCUT2D eigenvalue weighted by molar-refractivity contribution is 6.01. The fraction of sp³-hybridized carbons (Fsp3) is 0.200. The standard InChI is InChI=1S/C20H21N3O2/c1-4-14-5-7-15(8-6-14)22-20(24)23-16-9-10-18-17(12-16)19(25-3)11-13(2)21-18/h5-12H,4H2,1-3H3,(H2,22,23,24). The van der Waals surface area contributed by atoms with Crippen LogP contribution in [0.2, 0.25) is 0 Å². The topological polar surface area (TPSA) is 63.2 Å². The van der Waals surface area contributed by atoms with Crippen molar-refractivity contribution in [1.82, 2.24) is 4.98 Å². The van der Waals surface area contributed by atoms with E-state index in [4.69, 9.17) is 4.74 Å². The van der Waals surface area contributed by atoms with Crippen LogP contribution in [0.25, 0.3) is 10.9 Å². The lowest BCUT2D eigenvalue weighted by molar-refractivity contribution is 0.262. The first-order valence-electron chi connectivity index (χ1n) is 8.21. The molecule has 2 amide bonds. The van der Waals surface area contributed by atoms with Crippen molar-refractivity contribution < 1.29 is 9.53 Å². The molecule has 25 heavy (non-hydrogen) atoms. The molecule has 0 bridgehead atoms. The largest absolute Gasteiger partial charge is 0.496 e. The summed E-state index contributed by atoms with van der Waals surface area (Å²) in [6.45, 7) is 4.02. The number of amides is 2. The molecule has 3 aromatic rings. The van der Waals surface area contributed by atoms with Gasteiger partial charge in [-0.25, -0.2) is 4.79 Å². The van der Waals surface area contributed by atoms with Crippen LogP contribution in [0, 0.1) is 6.92 Å². The van der Waals surface area contributed by atoms with Gasteiger partial charge in [0.05, 0.1) is 12.6 Å². The Bertz CT molecular complexity index is 905. The number of aromatic nitrogens is 1. The summed E-state index contributed by atoms with van der Waals surface area (Å²) in [7, 11) is 1.63. The van der Waals surface area contributed by atoms with Gasteiger partial charge < -0.3 is 15.4 Å². The molecule has 1 heterocycles. The summed E-state index contributed by atoms with van der Waals surface area (Å²) in [6.07, 6.45) is 0.971. The molecule has 128 valence electrons. The van der Waals surface area contributed by atoms with Gasteiger partial charge in [-0.15, -0.1) is 0 Å². The number of benzene rings is 2. The highest BCUT2D eigenvalue weighted by Gasteiger charge is 2.08. The third-order valence-corrected chi connectivity index (χ3v) is 4.00. The van der Waals surface area contributed by atoms with E-state index in [0.29, 0.717) is 5.69 Å². The summed E-state index contributed by atoms with van der Waals surface area (Å²) in [4.78, 5) is 16.7. The van der Waals surface area contributed by atoms with Gasteiger partial charge in [0.15, 0.2) is 0 Å². The number of methoxy groups -OCH3 is 1. The van der Waals surface area contributed by atoms with Crippen molar-refractivity contribution in [1.29, 1.82) is 0 Å². The van der Waals surface area contributed by atoms with Crippen molar-refractivity contribution in [2.45, 2.75) is 20.3 Å². The maximum Gasteiger partial charge on any atom is 0.323 e. The van der Waals surface area contributed by atoms with E-state index >= 15 is 0 Å². The highest BCUT2D eigenvalue weighted by Crippen LogP contribution is 2.28. The quantitative estimate of drug-likeness (QED) is 0.722. The maximum atomic E-state index is 12.2. The maximum absolute atomic E-state index is 12.2. The van der Waals surface area contributed by atoms with E-state index in [1.165, 1.54) is 5.56 Å². The number of carbonyl (C=O) groups excluding carboxylic acids is 1. The van der Waals surface area contributed by atoms with Gasteiger partial charge in [-0.1, -0.05) is 19.1 Å². The molecule has 2 aromatic carbocycles. The molecule has 0 aliphatic rings. The number of hydrogen-bond acceptors (Lipinski definition) is 3. The van der Waals surface area contributed by atoms with Crippen LogP contribution in [0.3, 0.4) is 0 Å². The number of anilines is 2. The number of rotatable bonds is 4. The van der Waals surface area contributed by atoms with Crippen molar-refractivity contribution in [3.8, 4) is 5.75 Å². The molecule has 5 nitrogen and oxygen atoms in total. The Labute approximate surface area is 147 Å². The first kappa shape index (κ1) is 16.8. The zero-order valence-electron chi connectivity index (χ0n) is 14.6. The lowest BCUT2D eigenvalue weighted by Gasteiger charge is -2.11. The smallest absolute Gasteiger partial charge is 0.323 e. The molecule has 0 aliphatic carbocycles. The van der Waals surface area contributed by atoms with E-state index in [9.17, 15) is 4.79 Å². The third-order valence-electron chi connectivity index (χ3n) is 4.00. The Morgan fingerprint density at radius 2 is 1.72 bits per heavy atom. The Balaban J connectivity index is 1.77. The molecule has 0 radical (unpaired) electrons. The van der Waals surface area contributed by atoms with Crippen LogP contribution in [-0.4, -0.2) is 18.1 Å². The Hall–Kier alpha value is -3.08. The molecule has 0 saturated carbocycles. The van der Waals surface area contributed by atoms with E-state index in [2.05, 4.69) is 22.5 Å². The monoisotopic (exact) mass is 335 g/mol. The van der Waals surface area contributed by atoms with Crippen molar-refractivity contribution in [2.24, 2.45) is 0 Å². The minimum Gasteiger partial charge on any atom is -0.496 e. The average Bonchev–Trinajstić information content (AvgIpc) is 2.61. The molecule has 0 aliphatic heterocycles. The van der Waals surface area contributed by atoms with Crippen LogP contribution in [0.4, 0.5) is 16.2 Å². The fourth-order valence-electron chi connectivity index (χ4n) is 2.68. The van der Waals surface area contributed by atoms with Crippen LogP contribution < -0.4 is 15.4 Å². The predicted octanol–water partition coefficient (Wildman–Crippen LogP) is 4.76. The van der Waals surface area contributed by atoms with Gasteiger partial charge in [-0.05, 0) is 49.2 Å². The third kappa shape index (κ3) is 3.88. The number of aryl methyl sites for hydroxylation is 2. The van der Waals surface area contributed by atoms with Crippen molar-refractivity contribution in [2.75, 3.05) is 17.7 Å². The first-order valence-corrected chi connectivity index (χ1v) is 8.21. The number of carbonyl (C=O) groups is 1. The number of nitrogens with one attached hydrogen (secondary N) is 2. The van der Waals surface area contributed by atoms with Crippen LogP contribution in [0.1, 0.15) is 18.2 Å². The highest BCUT2D eigenvalue weighted by atomic mass is 16.5. The second kappa shape index (κ2) is 7.21. The van der Waals surface area contributed by atoms with E-state index < -0.39 is 0 Å². The zero-order valence-corrected chi connectivity index (χ0v) is 14.6. The zero-order chi connectivity index (χ0) is 17.8. The summed E-state index contributed by atoms with van der Waals surface area (Å²) in [5, 5.41) is 6.53. The second-order valence-corrected chi connectivity index (χ2v) is 5.83. The molecule has 5 heteroatoms. The van der Waals surface area contributed by atoms with E-state index in [1.54, 1.807) is 7.11 Å². The molecular weight excluding hydrogens is 314 g/mol. The minimum atomic E-state index is -0.289. The van der Waals surface area contributed by atoms with E-state index in [1.807, 2.05) is 55.5 Å². The fourth-order valence-corrected chi connectivity index (χ4v) is 2.68. The molecule has 2 N–H and O–H groups in total. The second-order valence-electron chi connectivity index (χ2n) is 5.83. The van der Waals surface area contributed by atoms with Crippen LogP contribution in [0.5, 0.6) is 5.75 Å². The molecular formula is C20H21N3O2. The lowest BCUT2D eigenvalue weighted by atomic mass is 10.1. The van der Waals surface area contributed by atoms with Crippen LogP contribution >= 0.6 is 0 Å². The summed E-state index contributed by atoms with van der Waals surface area (Å²) < 4.78 is 5.42. The van der Waals surface area contributed by atoms with Crippen molar-refractivity contribution >= 4 is 28.3 Å². The average molecular weight is 335 g/mol. The van der Waals surface area contributed by atoms with Gasteiger partial charge in [0, 0.05) is 28.5 Å². The van der Waals surface area contributed by atoms with Gasteiger partial charge in [0.1, 0.15) is 5.75 Å². The van der Waals surface area contributed by atoms with Crippen LogP contribution in [-0.2, 0) is 6.42 Å². The number of ether oxygens (including phenoxy) is 1. The van der Waals surface area contributed by atoms with Crippen molar-refractivity contribution in [3.05, 3.63) is 59.8 Å². The van der Waals surface area contributed by atoms with Gasteiger partial charge >= 0.3 is 6.03 Å². The van der Waals surface area contributed by atoms with Gasteiger partial charge in [-0.3, -0.25) is 4.98 Å². The van der Waals surface area contributed by atoms with Gasteiger partial charge in [-0.2, -0.15) is 0 Å². The number of nitrogens with zero attached hydrogens (tertiary/aromatic N) is 1. The number of fused-ring (bicyclic) bond motifs is 1. The first-order chi connectivity index (χ1) is 12.1. The molecule has 0 atom stereocenters. The van der Waals surface area contributed by atoms with E-state index in [-0.39, 0.29) is 6.03 Å². The number of urea groups is 1.